The molecule has 18 heavy (non-hydrogen) atoms. The Morgan fingerprint density at radius 1 is 1.50 bits per heavy atom. The summed E-state index contributed by atoms with van der Waals surface area (Å²) >= 11 is 5.57. The fourth-order valence-electron chi connectivity index (χ4n) is 1.04. The van der Waals surface area contributed by atoms with Gasteiger partial charge in [-0.2, -0.15) is 0 Å². The maximum atomic E-state index is 12.9. The molecule has 0 atom stereocenters. The van der Waals surface area contributed by atoms with Crippen LogP contribution in [0.15, 0.2) is 24.3 Å². The van der Waals surface area contributed by atoms with Crippen LogP contribution in [0.3, 0.4) is 0 Å². The summed E-state index contributed by atoms with van der Waals surface area (Å²) in [5.41, 5.74) is 0.554. The van der Waals surface area contributed by atoms with Crippen molar-refractivity contribution in [1.82, 2.24) is 5.32 Å². The lowest BCUT2D eigenvalue weighted by atomic mass is 10.2. The van der Waals surface area contributed by atoms with Crippen molar-refractivity contribution in [2.75, 3.05) is 13.7 Å². The molecule has 0 heterocycles. The van der Waals surface area contributed by atoms with Crippen LogP contribution in [0.5, 0.6) is 0 Å². The Kier molecular flexibility index (Phi) is 5.32. The van der Waals surface area contributed by atoms with E-state index in [4.69, 9.17) is 11.6 Å². The van der Waals surface area contributed by atoms with Gasteiger partial charge in [0, 0.05) is 13.1 Å². The number of benzene rings is 1. The van der Waals surface area contributed by atoms with Gasteiger partial charge >= 0.3 is 5.97 Å². The van der Waals surface area contributed by atoms with Crippen LogP contribution in [0.25, 0.3) is 6.08 Å². The maximum absolute atomic E-state index is 12.9. The third kappa shape index (κ3) is 4.55. The van der Waals surface area contributed by atoms with Crippen molar-refractivity contribution in [3.05, 3.63) is 40.7 Å². The minimum Gasteiger partial charge on any atom is -0.452 e. The van der Waals surface area contributed by atoms with Crippen molar-refractivity contribution in [3.8, 4) is 0 Å². The first-order valence-corrected chi connectivity index (χ1v) is 5.41. The molecule has 0 aliphatic carbocycles. The lowest BCUT2D eigenvalue weighted by Gasteiger charge is -2.00. The molecule has 4 nitrogen and oxygen atoms in total. The van der Waals surface area contributed by atoms with Gasteiger partial charge in [-0.1, -0.05) is 17.7 Å². The van der Waals surface area contributed by atoms with E-state index in [0.29, 0.717) is 5.56 Å². The molecular formula is C12H11ClFNO3. The average molecular weight is 272 g/mol. The number of carbonyl (C=O) groups excluding carboxylic acids is 2. The maximum Gasteiger partial charge on any atom is 0.331 e. The van der Waals surface area contributed by atoms with E-state index in [1.807, 2.05) is 0 Å². The predicted octanol–water partition coefficient (Wildman–Crippen LogP) is 1.78. The normalized spacial score (nSPS) is 10.4. The van der Waals surface area contributed by atoms with Gasteiger partial charge in [0.15, 0.2) is 6.61 Å². The molecule has 1 aromatic carbocycles. The summed E-state index contributed by atoms with van der Waals surface area (Å²) in [6.07, 6.45) is 2.55. The van der Waals surface area contributed by atoms with E-state index in [9.17, 15) is 14.0 Å². The van der Waals surface area contributed by atoms with Crippen LogP contribution in [0, 0.1) is 5.82 Å². The highest BCUT2D eigenvalue weighted by atomic mass is 35.5. The first-order chi connectivity index (χ1) is 8.52. The SMILES string of the molecule is CNC(=O)COC(=O)/C=C/c1ccc(F)c(Cl)c1. The second-order valence-corrected chi connectivity index (χ2v) is 3.69. The van der Waals surface area contributed by atoms with Gasteiger partial charge in [0.25, 0.3) is 5.91 Å². The third-order valence-electron chi connectivity index (χ3n) is 1.98. The summed E-state index contributed by atoms with van der Waals surface area (Å²) < 4.78 is 17.5. The predicted molar refractivity (Wildman–Crippen MR) is 65.5 cm³/mol. The van der Waals surface area contributed by atoms with Crippen LogP contribution in [0.2, 0.25) is 5.02 Å². The topological polar surface area (TPSA) is 55.4 Å². The monoisotopic (exact) mass is 271 g/mol. The molecule has 0 fully saturated rings. The quantitative estimate of drug-likeness (QED) is 0.671. The zero-order valence-corrected chi connectivity index (χ0v) is 10.3. The number of hydrogen-bond acceptors (Lipinski definition) is 3. The van der Waals surface area contributed by atoms with Crippen molar-refractivity contribution in [2.45, 2.75) is 0 Å². The molecule has 0 saturated heterocycles. The van der Waals surface area contributed by atoms with E-state index in [1.165, 1.54) is 31.3 Å². The molecule has 6 heteroatoms. The molecule has 0 spiro atoms. The number of ether oxygens (including phenoxy) is 1. The van der Waals surface area contributed by atoms with E-state index in [0.717, 1.165) is 6.08 Å². The van der Waals surface area contributed by atoms with Gasteiger partial charge in [-0.15, -0.1) is 0 Å². The van der Waals surface area contributed by atoms with E-state index in [2.05, 4.69) is 10.1 Å². The highest BCUT2D eigenvalue weighted by molar-refractivity contribution is 6.30. The van der Waals surface area contributed by atoms with Crippen LogP contribution in [-0.2, 0) is 14.3 Å². The van der Waals surface area contributed by atoms with Crippen LogP contribution >= 0.6 is 11.6 Å². The Morgan fingerprint density at radius 3 is 2.83 bits per heavy atom. The summed E-state index contributed by atoms with van der Waals surface area (Å²) in [7, 11) is 1.44. The summed E-state index contributed by atoms with van der Waals surface area (Å²) in [5.74, 6) is -1.60. The molecule has 1 N–H and O–H groups in total. The lowest BCUT2D eigenvalue weighted by molar-refractivity contribution is -0.143. The largest absolute Gasteiger partial charge is 0.452 e. The molecule has 0 radical (unpaired) electrons. The smallest absolute Gasteiger partial charge is 0.331 e. The molecule has 0 saturated carbocycles. The average Bonchev–Trinajstić information content (AvgIpc) is 2.37. The van der Waals surface area contributed by atoms with E-state index in [1.54, 1.807) is 0 Å². The van der Waals surface area contributed by atoms with Gasteiger partial charge in [0.1, 0.15) is 5.82 Å². The Balaban J connectivity index is 2.55. The standard InChI is InChI=1S/C12H11ClFNO3/c1-15-11(16)7-18-12(17)5-3-8-2-4-10(14)9(13)6-8/h2-6H,7H2,1H3,(H,15,16)/b5-3+. The lowest BCUT2D eigenvalue weighted by Crippen LogP contribution is -2.24. The fourth-order valence-corrected chi connectivity index (χ4v) is 1.23. The minimum absolute atomic E-state index is 0.0316. The number of likely N-dealkylation sites (N-methyl/N-ethyl adjacent to an activating group) is 1. The van der Waals surface area contributed by atoms with Crippen molar-refractivity contribution in [3.63, 3.8) is 0 Å². The number of esters is 1. The number of carbonyl (C=O) groups is 2. The van der Waals surface area contributed by atoms with Gasteiger partial charge < -0.3 is 10.1 Å². The van der Waals surface area contributed by atoms with Crippen molar-refractivity contribution >= 4 is 29.6 Å². The molecule has 0 aliphatic rings. The first-order valence-electron chi connectivity index (χ1n) is 5.03. The number of halogens is 2. The minimum atomic E-state index is -0.668. The highest BCUT2D eigenvalue weighted by Crippen LogP contribution is 2.16. The van der Waals surface area contributed by atoms with Crippen LogP contribution < -0.4 is 5.32 Å². The molecule has 1 aromatic rings. The van der Waals surface area contributed by atoms with E-state index < -0.39 is 17.7 Å². The van der Waals surface area contributed by atoms with E-state index >= 15 is 0 Å². The van der Waals surface area contributed by atoms with Gasteiger partial charge in [0.05, 0.1) is 5.02 Å². The molecule has 0 bridgehead atoms. The Labute approximate surface area is 108 Å². The molecule has 1 rings (SSSR count). The number of amides is 1. The van der Waals surface area contributed by atoms with Crippen LogP contribution in [0.1, 0.15) is 5.56 Å². The Bertz CT molecular complexity index is 488. The zero-order chi connectivity index (χ0) is 13.5. The van der Waals surface area contributed by atoms with Crippen LogP contribution in [-0.4, -0.2) is 25.5 Å². The molecule has 0 aromatic heterocycles. The van der Waals surface area contributed by atoms with Gasteiger partial charge in [-0.25, -0.2) is 9.18 Å². The third-order valence-corrected chi connectivity index (χ3v) is 2.27. The fraction of sp³-hybridized carbons (Fsp3) is 0.167. The summed E-state index contributed by atoms with van der Waals surface area (Å²) in [6.45, 7) is -0.343. The number of rotatable bonds is 4. The molecule has 0 aliphatic heterocycles. The van der Waals surface area contributed by atoms with Crippen molar-refractivity contribution < 1.29 is 18.7 Å². The molecule has 96 valence electrons. The van der Waals surface area contributed by atoms with Crippen molar-refractivity contribution in [1.29, 1.82) is 0 Å². The highest BCUT2D eigenvalue weighted by Gasteiger charge is 2.03. The summed E-state index contributed by atoms with van der Waals surface area (Å²) in [6, 6.07) is 4.03. The van der Waals surface area contributed by atoms with Gasteiger partial charge in [-0.3, -0.25) is 4.79 Å². The van der Waals surface area contributed by atoms with Crippen molar-refractivity contribution in [2.24, 2.45) is 0 Å². The second-order valence-electron chi connectivity index (χ2n) is 3.29. The second kappa shape index (κ2) is 6.76. The van der Waals surface area contributed by atoms with Gasteiger partial charge in [-0.05, 0) is 23.8 Å². The summed E-state index contributed by atoms with van der Waals surface area (Å²) in [5, 5.41) is 2.28. The van der Waals surface area contributed by atoms with E-state index in [-0.39, 0.29) is 11.6 Å². The Morgan fingerprint density at radius 2 is 2.22 bits per heavy atom. The summed E-state index contributed by atoms with van der Waals surface area (Å²) in [4.78, 5) is 22.0. The molecule has 0 unspecified atom stereocenters. The Hall–Kier alpha value is -1.88. The first kappa shape index (κ1) is 14.2. The van der Waals surface area contributed by atoms with Gasteiger partial charge in [0.2, 0.25) is 0 Å². The number of hydrogen-bond donors (Lipinski definition) is 1. The molecular weight excluding hydrogens is 261 g/mol. The molecule has 1 amide bonds. The van der Waals surface area contributed by atoms with Crippen LogP contribution in [0.4, 0.5) is 4.39 Å². The number of nitrogens with one attached hydrogen (secondary N) is 1. The zero-order valence-electron chi connectivity index (χ0n) is 9.57.